The molecule has 0 bridgehead atoms. The predicted octanol–water partition coefficient (Wildman–Crippen LogP) is 6.23. The highest BCUT2D eigenvalue weighted by Gasteiger charge is 2.36. The third-order valence-corrected chi connectivity index (χ3v) is 6.38. The fraction of sp³-hybridized carbons (Fsp3) is 0.292. The van der Waals surface area contributed by atoms with Gasteiger partial charge in [-0.2, -0.15) is 13.2 Å². The highest BCUT2D eigenvalue weighted by molar-refractivity contribution is 9.10. The van der Waals surface area contributed by atoms with E-state index >= 15 is 0 Å². The Bertz CT molecular complexity index is 1380. The maximum atomic E-state index is 14.1. The van der Waals surface area contributed by atoms with Crippen LogP contribution in [0.1, 0.15) is 29.9 Å². The van der Waals surface area contributed by atoms with Gasteiger partial charge in [-0.3, -0.25) is 0 Å². The largest absolute Gasteiger partial charge is 0.479 e. The molecule has 0 aliphatic carbocycles. The van der Waals surface area contributed by atoms with Crippen LogP contribution >= 0.6 is 15.9 Å². The minimum atomic E-state index is -4.52. The van der Waals surface area contributed by atoms with E-state index in [0.717, 1.165) is 30.4 Å². The number of halogens is 4. The van der Waals surface area contributed by atoms with Gasteiger partial charge in [0, 0.05) is 29.2 Å². The smallest absolute Gasteiger partial charge is 0.417 e. The van der Waals surface area contributed by atoms with Crippen LogP contribution in [0.15, 0.2) is 47.3 Å². The molecule has 0 fully saturated rings. The molecule has 0 spiro atoms. The lowest BCUT2D eigenvalue weighted by Gasteiger charge is -2.20. The van der Waals surface area contributed by atoms with E-state index in [1.807, 2.05) is 23.8 Å². The van der Waals surface area contributed by atoms with Gasteiger partial charge in [-0.15, -0.1) is 0 Å². The van der Waals surface area contributed by atoms with Crippen molar-refractivity contribution in [3.63, 3.8) is 0 Å². The number of fused-ring (bicyclic) bond motifs is 1. The first kappa shape index (κ1) is 22.6. The SMILES string of the molecule is COc1nc(-c2nc3n(c2-c2ccc(Br)cc2C(F)(F)F)CCCC3)ccc1-n1cnc(C)c1. The minimum absolute atomic E-state index is 0.0847. The van der Waals surface area contributed by atoms with Gasteiger partial charge in [0.15, 0.2) is 0 Å². The summed E-state index contributed by atoms with van der Waals surface area (Å²) in [5.74, 6) is 1.10. The molecule has 0 saturated heterocycles. The van der Waals surface area contributed by atoms with E-state index in [1.165, 1.54) is 13.2 Å². The second-order valence-electron chi connectivity index (χ2n) is 8.17. The summed E-state index contributed by atoms with van der Waals surface area (Å²) in [6.07, 6.45) is 1.50. The van der Waals surface area contributed by atoms with Crippen molar-refractivity contribution in [3.8, 4) is 34.2 Å². The molecule has 0 radical (unpaired) electrons. The zero-order valence-electron chi connectivity index (χ0n) is 18.5. The van der Waals surface area contributed by atoms with E-state index in [1.54, 1.807) is 23.0 Å². The molecular weight excluding hydrogens is 511 g/mol. The van der Waals surface area contributed by atoms with Crippen molar-refractivity contribution in [2.75, 3.05) is 7.11 Å². The van der Waals surface area contributed by atoms with Gasteiger partial charge in [0.2, 0.25) is 5.88 Å². The van der Waals surface area contributed by atoms with Crippen molar-refractivity contribution in [3.05, 3.63) is 64.4 Å². The fourth-order valence-corrected chi connectivity index (χ4v) is 4.72. The predicted molar refractivity (Wildman–Crippen MR) is 125 cm³/mol. The van der Waals surface area contributed by atoms with Gasteiger partial charge in [-0.25, -0.2) is 15.0 Å². The molecule has 34 heavy (non-hydrogen) atoms. The van der Waals surface area contributed by atoms with Crippen LogP contribution in [0.2, 0.25) is 0 Å². The van der Waals surface area contributed by atoms with Crippen LogP contribution in [0.4, 0.5) is 13.2 Å². The summed E-state index contributed by atoms with van der Waals surface area (Å²) in [5, 5.41) is 0. The number of ether oxygens (including phenoxy) is 1. The molecule has 176 valence electrons. The molecule has 3 aromatic heterocycles. The van der Waals surface area contributed by atoms with Gasteiger partial charge in [0.25, 0.3) is 0 Å². The number of aryl methyl sites for hydroxylation is 2. The number of benzene rings is 1. The van der Waals surface area contributed by atoms with Crippen LogP contribution in [0.25, 0.3) is 28.3 Å². The quantitative estimate of drug-likeness (QED) is 0.313. The Hall–Kier alpha value is -3.14. The lowest BCUT2D eigenvalue weighted by atomic mass is 10.0. The van der Waals surface area contributed by atoms with E-state index in [4.69, 9.17) is 9.72 Å². The number of methoxy groups -OCH3 is 1. The van der Waals surface area contributed by atoms with E-state index in [-0.39, 0.29) is 5.56 Å². The topological polar surface area (TPSA) is 57.8 Å². The standard InChI is InChI=1S/C24H21BrF3N5O/c1-14-12-32(13-29-14)19-9-8-18(30-23(19)34-2)21-22(33-10-4-3-5-20(33)31-21)16-7-6-15(25)11-17(16)24(26,27)28/h6-9,11-13H,3-5,10H2,1-2H3. The van der Waals surface area contributed by atoms with Gasteiger partial charge < -0.3 is 13.9 Å². The number of rotatable bonds is 4. The highest BCUT2D eigenvalue weighted by atomic mass is 79.9. The normalized spacial score (nSPS) is 13.7. The Morgan fingerprint density at radius 1 is 1.09 bits per heavy atom. The summed E-state index contributed by atoms with van der Waals surface area (Å²) in [7, 11) is 1.51. The summed E-state index contributed by atoms with van der Waals surface area (Å²) < 4.78 is 51.7. The Morgan fingerprint density at radius 2 is 1.91 bits per heavy atom. The summed E-state index contributed by atoms with van der Waals surface area (Å²) in [6, 6.07) is 7.80. The number of nitrogens with zero attached hydrogens (tertiary/aromatic N) is 5. The zero-order chi connectivity index (χ0) is 24.0. The maximum Gasteiger partial charge on any atom is 0.417 e. The van der Waals surface area contributed by atoms with Gasteiger partial charge in [-0.05, 0) is 44.0 Å². The molecule has 1 aliphatic heterocycles. The van der Waals surface area contributed by atoms with E-state index < -0.39 is 11.7 Å². The molecule has 0 atom stereocenters. The van der Waals surface area contributed by atoms with Crippen molar-refractivity contribution in [2.45, 2.75) is 38.9 Å². The van der Waals surface area contributed by atoms with E-state index in [0.29, 0.717) is 46.1 Å². The van der Waals surface area contributed by atoms with Crippen LogP contribution in [-0.4, -0.2) is 31.2 Å². The monoisotopic (exact) mass is 531 g/mol. The van der Waals surface area contributed by atoms with Gasteiger partial charge in [-0.1, -0.05) is 22.0 Å². The molecule has 0 N–H and O–H groups in total. The van der Waals surface area contributed by atoms with Crippen molar-refractivity contribution >= 4 is 15.9 Å². The Morgan fingerprint density at radius 3 is 2.62 bits per heavy atom. The third kappa shape index (κ3) is 4.00. The lowest BCUT2D eigenvalue weighted by molar-refractivity contribution is -0.137. The molecule has 1 aromatic carbocycles. The molecule has 0 saturated carbocycles. The fourth-order valence-electron chi connectivity index (χ4n) is 4.36. The van der Waals surface area contributed by atoms with Crippen molar-refractivity contribution in [1.82, 2.24) is 24.1 Å². The second kappa shape index (κ2) is 8.57. The maximum absolute atomic E-state index is 14.1. The number of aromatic nitrogens is 5. The first-order valence-corrected chi connectivity index (χ1v) is 11.6. The van der Waals surface area contributed by atoms with Gasteiger partial charge in [0.05, 0.1) is 36.1 Å². The molecule has 5 rings (SSSR count). The molecule has 1 aliphatic rings. The average molecular weight is 532 g/mol. The molecule has 10 heteroatoms. The summed E-state index contributed by atoms with van der Waals surface area (Å²) in [6.45, 7) is 2.48. The minimum Gasteiger partial charge on any atom is -0.479 e. The zero-order valence-corrected chi connectivity index (χ0v) is 20.1. The van der Waals surface area contributed by atoms with Crippen molar-refractivity contribution < 1.29 is 17.9 Å². The number of alkyl halides is 3. The number of hydrogen-bond donors (Lipinski definition) is 0. The van der Waals surface area contributed by atoms with Crippen molar-refractivity contribution in [2.24, 2.45) is 0 Å². The second-order valence-corrected chi connectivity index (χ2v) is 9.08. The van der Waals surface area contributed by atoms with Crippen molar-refractivity contribution in [1.29, 1.82) is 0 Å². The van der Waals surface area contributed by atoms with E-state index in [9.17, 15) is 13.2 Å². The summed E-state index contributed by atoms with van der Waals surface area (Å²) >= 11 is 3.18. The highest BCUT2D eigenvalue weighted by Crippen LogP contribution is 2.43. The van der Waals surface area contributed by atoms with Crippen LogP contribution in [0, 0.1) is 6.92 Å². The first-order chi connectivity index (χ1) is 16.3. The third-order valence-electron chi connectivity index (χ3n) is 5.89. The Labute approximate surface area is 202 Å². The summed E-state index contributed by atoms with van der Waals surface area (Å²) in [5.41, 5.74) is 2.18. The first-order valence-electron chi connectivity index (χ1n) is 10.8. The van der Waals surface area contributed by atoms with Crippen LogP contribution in [0.5, 0.6) is 5.88 Å². The molecule has 4 heterocycles. The number of pyridine rings is 1. The number of hydrogen-bond acceptors (Lipinski definition) is 4. The van der Waals surface area contributed by atoms with Crippen LogP contribution in [-0.2, 0) is 19.1 Å². The Balaban J connectivity index is 1.73. The number of imidazole rings is 2. The van der Waals surface area contributed by atoms with Gasteiger partial charge in [0.1, 0.15) is 17.2 Å². The molecule has 4 aromatic rings. The molecule has 0 unspecified atom stereocenters. The lowest BCUT2D eigenvalue weighted by Crippen LogP contribution is -2.14. The average Bonchev–Trinajstić information content (AvgIpc) is 3.42. The summed E-state index contributed by atoms with van der Waals surface area (Å²) in [4.78, 5) is 13.7. The van der Waals surface area contributed by atoms with E-state index in [2.05, 4.69) is 25.9 Å². The van der Waals surface area contributed by atoms with Crippen LogP contribution < -0.4 is 4.74 Å². The van der Waals surface area contributed by atoms with Crippen LogP contribution in [0.3, 0.4) is 0 Å². The molecular formula is C24H21BrF3N5O. The Kier molecular flexibility index (Phi) is 5.71. The molecule has 6 nitrogen and oxygen atoms in total. The molecule has 0 amide bonds. The van der Waals surface area contributed by atoms with Gasteiger partial charge >= 0.3 is 6.18 Å².